The highest BCUT2D eigenvalue weighted by Crippen LogP contribution is 2.17. The number of halogens is 1. The minimum absolute atomic E-state index is 0.413. The van der Waals surface area contributed by atoms with Gasteiger partial charge in [-0.05, 0) is 25.1 Å². The van der Waals surface area contributed by atoms with Crippen LogP contribution in [-0.4, -0.2) is 53.3 Å². The molecule has 7 heteroatoms. The van der Waals surface area contributed by atoms with Crippen LogP contribution in [0.2, 0.25) is 0 Å². The molecule has 0 atom stereocenters. The first kappa shape index (κ1) is 15.3. The van der Waals surface area contributed by atoms with Gasteiger partial charge in [0.15, 0.2) is 0 Å². The van der Waals surface area contributed by atoms with Gasteiger partial charge in [0, 0.05) is 31.9 Å². The molecule has 1 saturated heterocycles. The molecule has 0 amide bonds. The third kappa shape index (κ3) is 4.20. The van der Waals surface area contributed by atoms with Gasteiger partial charge in [-0.15, -0.1) is 0 Å². The van der Waals surface area contributed by atoms with E-state index in [0.717, 1.165) is 55.9 Å². The van der Waals surface area contributed by atoms with Crippen molar-refractivity contribution in [2.24, 2.45) is 0 Å². The van der Waals surface area contributed by atoms with Crippen LogP contribution < -0.4 is 4.90 Å². The summed E-state index contributed by atoms with van der Waals surface area (Å²) in [6, 6.07) is 4.96. The first-order valence-corrected chi connectivity index (χ1v) is 8.42. The van der Waals surface area contributed by atoms with Crippen molar-refractivity contribution in [1.29, 1.82) is 0 Å². The van der Waals surface area contributed by atoms with Gasteiger partial charge in [-0.25, -0.2) is 9.97 Å². The molecule has 0 spiro atoms. The summed E-state index contributed by atoms with van der Waals surface area (Å²) < 4.78 is 18.3. The molecule has 3 heterocycles. The maximum absolute atomic E-state index is 13.2. The van der Waals surface area contributed by atoms with Gasteiger partial charge in [0.05, 0.1) is 6.20 Å². The second-order valence-electron chi connectivity index (χ2n) is 5.15. The van der Waals surface area contributed by atoms with Crippen LogP contribution in [0.1, 0.15) is 6.42 Å². The molecule has 3 rings (SSSR count). The fraction of sp³-hybridized carbons (Fsp3) is 0.467. The van der Waals surface area contributed by atoms with E-state index in [-0.39, 0.29) is 0 Å². The zero-order chi connectivity index (χ0) is 15.2. The highest BCUT2D eigenvalue weighted by atomic mass is 32.2. The minimum atomic E-state index is -0.413. The third-order valence-corrected chi connectivity index (χ3v) is 4.59. The lowest BCUT2D eigenvalue weighted by atomic mass is 10.3. The summed E-state index contributed by atoms with van der Waals surface area (Å²) in [6.45, 7) is 4.83. The molecular weight excluding hydrogens is 303 g/mol. The summed E-state index contributed by atoms with van der Waals surface area (Å²) in [7, 11) is 0. The number of hydrogen-bond donors (Lipinski definition) is 0. The molecule has 2 aromatic rings. The highest BCUT2D eigenvalue weighted by Gasteiger charge is 2.17. The molecule has 0 bridgehead atoms. The van der Waals surface area contributed by atoms with Crippen LogP contribution in [0.15, 0.2) is 40.3 Å². The standard InChI is InChI=1S/C15H19FN4OS/c16-13-3-1-4-14(18-13)20-9-7-19(8-10-20)6-2-12-22-15-17-5-11-21-15/h1,3-5,11H,2,6-10,12H2. The van der Waals surface area contributed by atoms with Crippen molar-refractivity contribution >= 4 is 17.6 Å². The van der Waals surface area contributed by atoms with Gasteiger partial charge in [-0.2, -0.15) is 4.39 Å². The Balaban J connectivity index is 1.37. The number of thioether (sulfide) groups is 1. The van der Waals surface area contributed by atoms with Crippen LogP contribution in [0.4, 0.5) is 10.2 Å². The van der Waals surface area contributed by atoms with Crippen LogP contribution in [0, 0.1) is 5.95 Å². The lowest BCUT2D eigenvalue weighted by Crippen LogP contribution is -2.47. The number of piperazine rings is 1. The average molecular weight is 322 g/mol. The van der Waals surface area contributed by atoms with Crippen LogP contribution in [0.3, 0.4) is 0 Å². The van der Waals surface area contributed by atoms with Crippen molar-refractivity contribution in [3.63, 3.8) is 0 Å². The second-order valence-corrected chi connectivity index (χ2v) is 6.19. The highest BCUT2D eigenvalue weighted by molar-refractivity contribution is 7.99. The summed E-state index contributed by atoms with van der Waals surface area (Å²) in [6.07, 6.45) is 4.37. The van der Waals surface area contributed by atoms with Crippen LogP contribution >= 0.6 is 11.8 Å². The summed E-state index contributed by atoms with van der Waals surface area (Å²) in [5.74, 6) is 1.33. The Morgan fingerprint density at radius 3 is 2.82 bits per heavy atom. The lowest BCUT2D eigenvalue weighted by Gasteiger charge is -2.35. The van der Waals surface area contributed by atoms with E-state index < -0.39 is 5.95 Å². The van der Waals surface area contributed by atoms with Crippen molar-refractivity contribution in [1.82, 2.24) is 14.9 Å². The van der Waals surface area contributed by atoms with Gasteiger partial charge in [0.2, 0.25) is 5.95 Å². The predicted octanol–water partition coefficient (Wildman–Crippen LogP) is 2.51. The fourth-order valence-corrected chi connectivity index (χ4v) is 3.21. The van der Waals surface area contributed by atoms with E-state index in [1.807, 2.05) is 6.07 Å². The Morgan fingerprint density at radius 2 is 2.09 bits per heavy atom. The van der Waals surface area contributed by atoms with Crippen LogP contribution in [0.25, 0.3) is 0 Å². The average Bonchev–Trinajstić information content (AvgIpc) is 3.06. The molecule has 2 aromatic heterocycles. The molecule has 0 N–H and O–H groups in total. The van der Waals surface area contributed by atoms with E-state index in [0.29, 0.717) is 0 Å². The fourth-order valence-electron chi connectivity index (χ4n) is 2.50. The molecule has 0 radical (unpaired) electrons. The van der Waals surface area contributed by atoms with Gasteiger partial charge >= 0.3 is 0 Å². The van der Waals surface area contributed by atoms with E-state index >= 15 is 0 Å². The Kier molecular flexibility index (Phi) is 5.29. The molecule has 118 valence electrons. The van der Waals surface area contributed by atoms with Crippen LogP contribution in [0.5, 0.6) is 0 Å². The van der Waals surface area contributed by atoms with E-state index in [1.54, 1.807) is 30.3 Å². The molecule has 1 fully saturated rings. The number of rotatable bonds is 6. The second kappa shape index (κ2) is 7.60. The molecule has 0 aromatic carbocycles. The van der Waals surface area contributed by atoms with Gasteiger partial charge in [0.1, 0.15) is 12.1 Å². The number of anilines is 1. The number of pyridine rings is 1. The molecule has 22 heavy (non-hydrogen) atoms. The molecule has 0 unspecified atom stereocenters. The van der Waals surface area contributed by atoms with Gasteiger partial charge < -0.3 is 9.32 Å². The third-order valence-electron chi connectivity index (χ3n) is 3.65. The molecule has 1 aliphatic heterocycles. The van der Waals surface area contributed by atoms with Gasteiger partial charge in [0.25, 0.3) is 5.22 Å². The summed E-state index contributed by atoms with van der Waals surface area (Å²) >= 11 is 1.65. The van der Waals surface area contributed by atoms with Crippen molar-refractivity contribution in [2.75, 3.05) is 43.4 Å². The lowest BCUT2D eigenvalue weighted by molar-refractivity contribution is 0.258. The number of hydrogen-bond acceptors (Lipinski definition) is 6. The first-order valence-electron chi connectivity index (χ1n) is 7.43. The summed E-state index contributed by atoms with van der Waals surface area (Å²) in [5.41, 5.74) is 0. The van der Waals surface area contributed by atoms with Crippen molar-refractivity contribution in [3.05, 3.63) is 36.6 Å². The Labute approximate surface area is 133 Å². The van der Waals surface area contributed by atoms with Gasteiger partial charge in [-0.3, -0.25) is 4.90 Å². The number of oxazole rings is 1. The summed E-state index contributed by atoms with van der Waals surface area (Å²) in [4.78, 5) is 12.6. The maximum atomic E-state index is 13.2. The monoisotopic (exact) mass is 322 g/mol. The van der Waals surface area contributed by atoms with E-state index in [9.17, 15) is 4.39 Å². The van der Waals surface area contributed by atoms with Crippen molar-refractivity contribution < 1.29 is 8.81 Å². The van der Waals surface area contributed by atoms with Crippen LogP contribution in [-0.2, 0) is 0 Å². The Morgan fingerprint density at radius 1 is 1.23 bits per heavy atom. The minimum Gasteiger partial charge on any atom is -0.440 e. The van der Waals surface area contributed by atoms with E-state index in [1.165, 1.54) is 6.07 Å². The molecule has 5 nitrogen and oxygen atoms in total. The van der Waals surface area contributed by atoms with Crippen molar-refractivity contribution in [3.8, 4) is 0 Å². The molecular formula is C15H19FN4OS. The quantitative estimate of drug-likeness (QED) is 0.463. The Hall–Kier alpha value is -1.60. The maximum Gasteiger partial charge on any atom is 0.255 e. The topological polar surface area (TPSA) is 45.4 Å². The van der Waals surface area contributed by atoms with Gasteiger partial charge in [-0.1, -0.05) is 17.8 Å². The SMILES string of the molecule is Fc1cccc(N2CCN(CCCSc3ncco3)CC2)n1. The smallest absolute Gasteiger partial charge is 0.255 e. The predicted molar refractivity (Wildman–Crippen MR) is 84.7 cm³/mol. The summed E-state index contributed by atoms with van der Waals surface area (Å²) in [5, 5.41) is 0.738. The zero-order valence-corrected chi connectivity index (χ0v) is 13.1. The van der Waals surface area contributed by atoms with E-state index in [4.69, 9.17) is 4.42 Å². The number of nitrogens with zero attached hydrogens (tertiary/aromatic N) is 4. The molecule has 1 aliphatic rings. The Bertz CT molecular complexity index is 573. The zero-order valence-electron chi connectivity index (χ0n) is 12.3. The number of aromatic nitrogens is 2. The first-order chi connectivity index (χ1) is 10.8. The normalized spacial score (nSPS) is 16.1. The molecule has 0 aliphatic carbocycles. The largest absolute Gasteiger partial charge is 0.440 e. The van der Waals surface area contributed by atoms with Crippen molar-refractivity contribution in [2.45, 2.75) is 11.6 Å². The van der Waals surface area contributed by atoms with E-state index in [2.05, 4.69) is 19.8 Å². The molecule has 0 saturated carbocycles.